The molecular formula is C11H15FN2O4. The van der Waals surface area contributed by atoms with Crippen LogP contribution in [0, 0.1) is 12.8 Å². The molecule has 0 aliphatic rings. The number of carboxylic acid groups (broad SMARTS) is 1. The van der Waals surface area contributed by atoms with Crippen LogP contribution in [0.3, 0.4) is 0 Å². The molecule has 100 valence electrons. The highest BCUT2D eigenvalue weighted by Gasteiger charge is 2.10. The number of halogens is 1. The first-order valence-electron chi connectivity index (χ1n) is 5.52. The number of allylic oxidation sites excluding steroid dienone is 2. The van der Waals surface area contributed by atoms with Crippen molar-refractivity contribution >= 4 is 5.97 Å². The van der Waals surface area contributed by atoms with Gasteiger partial charge < -0.3 is 5.11 Å². The zero-order chi connectivity index (χ0) is 13.7. The zero-order valence-electron chi connectivity index (χ0n) is 10.2. The van der Waals surface area contributed by atoms with Crippen LogP contribution in [-0.2, 0) is 11.3 Å². The van der Waals surface area contributed by atoms with E-state index >= 15 is 0 Å². The van der Waals surface area contributed by atoms with Gasteiger partial charge in [-0.25, -0.2) is 9.18 Å². The molecule has 1 rings (SSSR count). The summed E-state index contributed by atoms with van der Waals surface area (Å²) in [5.74, 6) is -2.36. The number of carbonyl (C=O) groups is 1. The number of carboxylic acids is 1. The predicted octanol–water partition coefficient (Wildman–Crippen LogP) is 1.50. The van der Waals surface area contributed by atoms with Gasteiger partial charge in [-0.2, -0.15) is 0 Å². The quantitative estimate of drug-likeness (QED) is 0.835. The molecule has 0 aromatic carbocycles. The van der Waals surface area contributed by atoms with Gasteiger partial charge in [0.25, 0.3) is 0 Å². The smallest absolute Gasteiger partial charge is 0.441 e. The summed E-state index contributed by atoms with van der Waals surface area (Å²) >= 11 is 0. The maximum Gasteiger partial charge on any atom is 0.441 e. The van der Waals surface area contributed by atoms with Crippen LogP contribution in [0.1, 0.15) is 25.6 Å². The van der Waals surface area contributed by atoms with Crippen LogP contribution < -0.4 is 5.76 Å². The fourth-order valence-electron chi connectivity index (χ4n) is 1.34. The number of aromatic nitrogens is 2. The maximum absolute atomic E-state index is 13.5. The summed E-state index contributed by atoms with van der Waals surface area (Å²) in [4.78, 5) is 21.6. The Morgan fingerprint density at radius 2 is 2.33 bits per heavy atom. The maximum atomic E-state index is 13.5. The summed E-state index contributed by atoms with van der Waals surface area (Å²) in [5, 5.41) is 12.1. The molecule has 18 heavy (non-hydrogen) atoms. The molecule has 1 aromatic rings. The van der Waals surface area contributed by atoms with Crippen molar-refractivity contribution in [2.24, 2.45) is 5.92 Å². The first-order valence-corrected chi connectivity index (χ1v) is 5.52. The van der Waals surface area contributed by atoms with Crippen LogP contribution in [0.4, 0.5) is 4.39 Å². The Kier molecular flexibility index (Phi) is 4.82. The molecule has 0 amide bonds. The average Bonchev–Trinajstić information content (AvgIpc) is 2.60. The van der Waals surface area contributed by atoms with Crippen molar-refractivity contribution in [2.75, 3.05) is 0 Å². The average molecular weight is 258 g/mol. The Morgan fingerprint density at radius 3 is 2.83 bits per heavy atom. The van der Waals surface area contributed by atoms with Gasteiger partial charge in [0.1, 0.15) is 5.83 Å². The summed E-state index contributed by atoms with van der Waals surface area (Å²) in [6, 6.07) is 0. The third kappa shape index (κ3) is 3.83. The van der Waals surface area contributed by atoms with Gasteiger partial charge in [0, 0.05) is 0 Å². The monoisotopic (exact) mass is 258 g/mol. The minimum absolute atomic E-state index is 0.240. The number of nitrogens with zero attached hydrogens (tertiary/aromatic N) is 2. The van der Waals surface area contributed by atoms with Crippen molar-refractivity contribution < 1.29 is 18.8 Å². The Balaban J connectivity index is 2.53. The van der Waals surface area contributed by atoms with E-state index in [0.29, 0.717) is 18.7 Å². The summed E-state index contributed by atoms with van der Waals surface area (Å²) in [7, 11) is 0. The van der Waals surface area contributed by atoms with Gasteiger partial charge in [0.05, 0.1) is 12.5 Å². The Labute approximate surface area is 103 Å². The second-order valence-electron chi connectivity index (χ2n) is 4.05. The number of hydrogen-bond acceptors (Lipinski definition) is 4. The van der Waals surface area contributed by atoms with E-state index in [0.717, 1.165) is 4.57 Å². The first-order chi connectivity index (χ1) is 8.41. The lowest BCUT2D eigenvalue weighted by atomic mass is 10.1. The van der Waals surface area contributed by atoms with Gasteiger partial charge >= 0.3 is 11.7 Å². The highest BCUT2D eigenvalue weighted by atomic mass is 19.1. The van der Waals surface area contributed by atoms with Crippen molar-refractivity contribution in [3.05, 3.63) is 28.3 Å². The minimum atomic E-state index is -0.907. The van der Waals surface area contributed by atoms with E-state index in [-0.39, 0.29) is 6.54 Å². The molecule has 0 saturated heterocycles. The number of aryl methyl sites for hydroxylation is 1. The van der Waals surface area contributed by atoms with Crippen molar-refractivity contribution in [3.63, 3.8) is 0 Å². The van der Waals surface area contributed by atoms with Gasteiger partial charge in [0.15, 0.2) is 5.82 Å². The molecule has 0 saturated carbocycles. The van der Waals surface area contributed by atoms with E-state index in [4.69, 9.17) is 5.11 Å². The molecule has 0 unspecified atom stereocenters. The van der Waals surface area contributed by atoms with Crippen LogP contribution >= 0.6 is 0 Å². The lowest BCUT2D eigenvalue weighted by Gasteiger charge is -2.03. The van der Waals surface area contributed by atoms with Crippen molar-refractivity contribution in [1.82, 2.24) is 9.72 Å². The fraction of sp³-hybridized carbons (Fsp3) is 0.545. The van der Waals surface area contributed by atoms with E-state index < -0.39 is 23.5 Å². The molecule has 7 heteroatoms. The number of hydrogen-bond donors (Lipinski definition) is 1. The fourth-order valence-corrected chi connectivity index (χ4v) is 1.34. The Hall–Kier alpha value is -1.92. The van der Waals surface area contributed by atoms with E-state index in [1.54, 1.807) is 6.92 Å². The Morgan fingerprint density at radius 1 is 1.67 bits per heavy atom. The molecule has 0 fully saturated rings. The van der Waals surface area contributed by atoms with Crippen LogP contribution in [0.25, 0.3) is 0 Å². The van der Waals surface area contributed by atoms with Crippen molar-refractivity contribution in [2.45, 2.75) is 33.2 Å². The molecule has 6 nitrogen and oxygen atoms in total. The molecule has 0 radical (unpaired) electrons. The lowest BCUT2D eigenvalue weighted by molar-refractivity contribution is -0.141. The van der Waals surface area contributed by atoms with Gasteiger partial charge in [0.2, 0.25) is 0 Å². The summed E-state index contributed by atoms with van der Waals surface area (Å²) in [5.41, 5.74) is 0. The summed E-state index contributed by atoms with van der Waals surface area (Å²) in [6.45, 7) is 2.85. The molecule has 0 bridgehead atoms. The normalized spacial score (nSPS) is 13.6. The summed E-state index contributed by atoms with van der Waals surface area (Å²) < 4.78 is 18.9. The van der Waals surface area contributed by atoms with Crippen molar-refractivity contribution in [3.8, 4) is 0 Å². The van der Waals surface area contributed by atoms with Gasteiger partial charge in [-0.3, -0.25) is 13.9 Å². The second kappa shape index (κ2) is 6.13. The van der Waals surface area contributed by atoms with Crippen LogP contribution in [0.15, 0.2) is 21.2 Å². The van der Waals surface area contributed by atoms with Gasteiger partial charge in [-0.1, -0.05) is 18.2 Å². The van der Waals surface area contributed by atoms with Crippen LogP contribution in [-0.4, -0.2) is 20.8 Å². The molecule has 1 heterocycles. The number of rotatable bonds is 6. The molecule has 0 aliphatic heterocycles. The highest BCUT2D eigenvalue weighted by molar-refractivity contribution is 5.69. The molecule has 0 spiro atoms. The molecule has 0 aliphatic carbocycles. The zero-order valence-corrected chi connectivity index (χ0v) is 10.2. The third-order valence-electron chi connectivity index (χ3n) is 2.56. The number of aliphatic carboxylic acids is 1. The largest absolute Gasteiger partial charge is 0.481 e. The molecule has 1 aromatic heterocycles. The first kappa shape index (κ1) is 14.1. The molecule has 1 N–H and O–H groups in total. The predicted molar refractivity (Wildman–Crippen MR) is 60.7 cm³/mol. The third-order valence-corrected chi connectivity index (χ3v) is 2.56. The Bertz CT molecular complexity index is 503. The lowest BCUT2D eigenvalue weighted by Crippen LogP contribution is -2.16. The highest BCUT2D eigenvalue weighted by Crippen LogP contribution is 2.10. The molecule has 1 atom stereocenters. The van der Waals surface area contributed by atoms with Crippen molar-refractivity contribution in [1.29, 1.82) is 0 Å². The topological polar surface area (TPSA) is 85.3 Å². The van der Waals surface area contributed by atoms with E-state index in [1.165, 1.54) is 13.0 Å². The second-order valence-corrected chi connectivity index (χ2v) is 4.05. The van der Waals surface area contributed by atoms with E-state index in [9.17, 15) is 14.0 Å². The van der Waals surface area contributed by atoms with Gasteiger partial charge in [-0.15, -0.1) is 0 Å². The minimum Gasteiger partial charge on any atom is -0.481 e. The SMILES string of the molecule is Cc1noc(=O)n1C/C(F)=C\CC[C@H](C)C(=O)O. The standard InChI is InChI=1S/C11H15FN2O4/c1-7(10(15)16)4-3-5-9(12)6-14-8(2)13-18-11(14)17/h5,7H,3-4,6H2,1-2H3,(H,15,16)/b9-5+/t7-/m0/s1. The van der Waals surface area contributed by atoms with E-state index in [1.807, 2.05) is 0 Å². The summed E-state index contributed by atoms with van der Waals surface area (Å²) in [6.07, 6.45) is 1.93. The van der Waals surface area contributed by atoms with Crippen LogP contribution in [0.5, 0.6) is 0 Å². The van der Waals surface area contributed by atoms with Crippen LogP contribution in [0.2, 0.25) is 0 Å². The van der Waals surface area contributed by atoms with Gasteiger partial charge in [-0.05, 0) is 19.8 Å². The molecular weight excluding hydrogens is 243 g/mol. The van der Waals surface area contributed by atoms with E-state index in [2.05, 4.69) is 9.68 Å².